The topological polar surface area (TPSA) is 9.49 Å². The first kappa shape index (κ1) is 27.8. The summed E-state index contributed by atoms with van der Waals surface area (Å²) in [6.45, 7) is 8.79. The van der Waals surface area contributed by atoms with Crippen LogP contribution < -0.4 is 34.6 Å². The molecule has 0 atom stereocenters. The van der Waals surface area contributed by atoms with Gasteiger partial charge in [0.1, 0.15) is 0 Å². The number of anilines is 2. The number of hydrogen-bond acceptors (Lipinski definition) is 2. The first-order valence-corrected chi connectivity index (χ1v) is 10.8. The van der Waals surface area contributed by atoms with Crippen molar-refractivity contribution in [3.63, 3.8) is 0 Å². The summed E-state index contributed by atoms with van der Waals surface area (Å²) in [4.78, 5) is 4.28. The van der Waals surface area contributed by atoms with Crippen molar-refractivity contribution in [3.8, 4) is 0 Å². The zero-order chi connectivity index (χ0) is 21.9. The molecule has 32 heavy (non-hydrogen) atoms. The van der Waals surface area contributed by atoms with E-state index in [1.165, 1.54) is 33.8 Å². The van der Waals surface area contributed by atoms with Gasteiger partial charge in [0.05, 0.1) is 18.7 Å². The SMILES string of the molecule is CC[N+]1(CC)C=C[N+](=C(c2ccc(N(C)C)cc2)c2ccc(N(C)C)cc2C)C=C1.[Cl-].[Cl-]. The molecule has 0 N–H and O–H groups in total. The van der Waals surface area contributed by atoms with E-state index in [2.05, 4.69) is 131 Å². The van der Waals surface area contributed by atoms with E-state index in [1.807, 2.05) is 0 Å². The van der Waals surface area contributed by atoms with Gasteiger partial charge in [-0.15, -0.1) is 0 Å². The maximum Gasteiger partial charge on any atom is 0.228 e. The van der Waals surface area contributed by atoms with Crippen molar-refractivity contribution in [2.45, 2.75) is 20.8 Å². The second kappa shape index (κ2) is 11.6. The van der Waals surface area contributed by atoms with Crippen LogP contribution in [-0.2, 0) is 0 Å². The lowest BCUT2D eigenvalue weighted by Gasteiger charge is -2.27. The minimum Gasteiger partial charge on any atom is -1.00 e. The summed E-state index contributed by atoms with van der Waals surface area (Å²) in [6.07, 6.45) is 9.05. The van der Waals surface area contributed by atoms with Gasteiger partial charge in [-0.05, 0) is 68.8 Å². The maximum atomic E-state index is 2.30. The number of benzene rings is 2. The van der Waals surface area contributed by atoms with Gasteiger partial charge < -0.3 is 34.6 Å². The van der Waals surface area contributed by atoms with Crippen LogP contribution in [0.25, 0.3) is 0 Å². The minimum absolute atomic E-state index is 0. The third-order valence-electron chi connectivity index (χ3n) is 6.12. The number of aryl methyl sites for hydroxylation is 1. The first-order chi connectivity index (χ1) is 14.3. The van der Waals surface area contributed by atoms with Gasteiger partial charge in [0.15, 0.2) is 12.4 Å². The van der Waals surface area contributed by atoms with E-state index in [9.17, 15) is 0 Å². The van der Waals surface area contributed by atoms with Crippen LogP contribution in [-0.4, -0.2) is 56.1 Å². The molecular formula is C26H36Cl2N4. The highest BCUT2D eigenvalue weighted by atomic mass is 35.5. The van der Waals surface area contributed by atoms with E-state index < -0.39 is 0 Å². The predicted molar refractivity (Wildman–Crippen MR) is 129 cm³/mol. The molecule has 0 unspecified atom stereocenters. The summed E-state index contributed by atoms with van der Waals surface area (Å²) < 4.78 is 3.14. The van der Waals surface area contributed by atoms with Gasteiger partial charge in [-0.3, -0.25) is 4.48 Å². The maximum absolute atomic E-state index is 2.30. The fourth-order valence-electron chi connectivity index (χ4n) is 3.86. The van der Waals surface area contributed by atoms with Crippen molar-refractivity contribution in [3.05, 3.63) is 84.0 Å². The number of rotatable bonds is 6. The molecule has 1 aliphatic rings. The molecule has 2 aromatic carbocycles. The van der Waals surface area contributed by atoms with E-state index >= 15 is 0 Å². The molecule has 2 aromatic rings. The van der Waals surface area contributed by atoms with Gasteiger partial charge in [0, 0.05) is 45.1 Å². The van der Waals surface area contributed by atoms with Crippen molar-refractivity contribution in [1.29, 1.82) is 0 Å². The lowest BCUT2D eigenvalue weighted by atomic mass is 9.96. The summed E-state index contributed by atoms with van der Waals surface area (Å²) in [5, 5.41) is 0. The fourth-order valence-corrected chi connectivity index (χ4v) is 3.86. The van der Waals surface area contributed by atoms with Crippen LogP contribution >= 0.6 is 0 Å². The average Bonchev–Trinajstić information content (AvgIpc) is 2.76. The minimum atomic E-state index is 0. The Morgan fingerprint density at radius 3 is 1.72 bits per heavy atom. The molecule has 0 fully saturated rings. The molecule has 0 amide bonds. The largest absolute Gasteiger partial charge is 1.00 e. The zero-order valence-electron chi connectivity index (χ0n) is 20.3. The van der Waals surface area contributed by atoms with E-state index in [4.69, 9.17) is 0 Å². The Hall–Kier alpha value is -2.27. The third-order valence-corrected chi connectivity index (χ3v) is 6.12. The van der Waals surface area contributed by atoms with E-state index in [1.54, 1.807) is 0 Å². The van der Waals surface area contributed by atoms with Crippen LogP contribution in [0.4, 0.5) is 11.4 Å². The normalized spacial score (nSPS) is 13.8. The third kappa shape index (κ3) is 5.74. The molecule has 0 aliphatic carbocycles. The Labute approximate surface area is 206 Å². The quantitative estimate of drug-likeness (QED) is 0.384. The van der Waals surface area contributed by atoms with Gasteiger partial charge in [0.25, 0.3) is 0 Å². The molecule has 6 heteroatoms. The van der Waals surface area contributed by atoms with E-state index in [-0.39, 0.29) is 24.8 Å². The zero-order valence-corrected chi connectivity index (χ0v) is 21.8. The molecular weight excluding hydrogens is 439 g/mol. The van der Waals surface area contributed by atoms with Gasteiger partial charge >= 0.3 is 0 Å². The Morgan fingerprint density at radius 1 is 0.781 bits per heavy atom. The molecule has 0 saturated heterocycles. The number of quaternary nitrogens is 1. The summed E-state index contributed by atoms with van der Waals surface area (Å²) in [5.41, 5.74) is 7.36. The van der Waals surface area contributed by atoms with Crippen molar-refractivity contribution in [2.75, 3.05) is 51.1 Å². The lowest BCUT2D eigenvalue weighted by Crippen LogP contribution is -3.00. The van der Waals surface area contributed by atoms with Crippen LogP contribution in [0.5, 0.6) is 0 Å². The van der Waals surface area contributed by atoms with Crippen LogP contribution in [0.1, 0.15) is 30.5 Å². The predicted octanol–water partition coefficient (Wildman–Crippen LogP) is -1.20. The monoisotopic (exact) mass is 474 g/mol. The summed E-state index contributed by atoms with van der Waals surface area (Å²) in [5.74, 6) is 0. The first-order valence-electron chi connectivity index (χ1n) is 10.8. The van der Waals surface area contributed by atoms with Crippen LogP contribution in [0.15, 0.2) is 67.3 Å². The molecule has 1 heterocycles. The summed E-state index contributed by atoms with van der Waals surface area (Å²) >= 11 is 0. The second-order valence-electron chi connectivity index (χ2n) is 8.42. The molecule has 4 nitrogen and oxygen atoms in total. The standard InChI is InChI=1S/C26H36N4.2ClH/c1-8-30(9-2)18-16-29(17-19-30)26(22-10-12-23(13-11-22)27(4)5)25-15-14-24(28(6)7)20-21(25)3;;/h10-20H,8-9H2,1-7H3;2*1H/q+2;;/p-2. The number of nitrogens with zero attached hydrogens (tertiary/aromatic N) is 4. The Balaban J connectivity index is 0.00000256. The molecule has 1 aliphatic heterocycles. The van der Waals surface area contributed by atoms with Gasteiger partial charge in [-0.2, -0.15) is 4.58 Å². The van der Waals surface area contributed by atoms with Crippen molar-refractivity contribution in [1.82, 2.24) is 0 Å². The molecule has 0 spiro atoms. The Morgan fingerprint density at radius 2 is 1.28 bits per heavy atom. The fraction of sp³-hybridized carbons (Fsp3) is 0.346. The highest BCUT2D eigenvalue weighted by Crippen LogP contribution is 2.24. The Kier molecular flexibility index (Phi) is 10.0. The molecule has 174 valence electrons. The molecule has 0 saturated carbocycles. The summed E-state index contributed by atoms with van der Waals surface area (Å²) in [7, 11) is 8.32. The molecule has 0 bridgehead atoms. The van der Waals surface area contributed by atoms with Crippen molar-refractivity contribution >= 4 is 17.1 Å². The van der Waals surface area contributed by atoms with E-state index in [0.29, 0.717) is 0 Å². The molecule has 0 radical (unpaired) electrons. The Bertz CT molecular complexity index is 967. The van der Waals surface area contributed by atoms with Crippen LogP contribution in [0.2, 0.25) is 0 Å². The van der Waals surface area contributed by atoms with E-state index in [0.717, 1.165) is 17.6 Å². The van der Waals surface area contributed by atoms with Gasteiger partial charge in [-0.1, -0.05) is 0 Å². The smallest absolute Gasteiger partial charge is 0.228 e. The van der Waals surface area contributed by atoms with Gasteiger partial charge in [0.2, 0.25) is 18.1 Å². The highest BCUT2D eigenvalue weighted by Gasteiger charge is 2.27. The summed E-state index contributed by atoms with van der Waals surface area (Å²) in [6, 6.07) is 15.5. The highest BCUT2D eigenvalue weighted by molar-refractivity contribution is 6.11. The molecule has 0 aromatic heterocycles. The van der Waals surface area contributed by atoms with Gasteiger partial charge in [-0.25, -0.2) is 0 Å². The average molecular weight is 476 g/mol. The molecule has 3 rings (SSSR count). The lowest BCUT2D eigenvalue weighted by molar-refractivity contribution is -0.832. The van der Waals surface area contributed by atoms with Crippen LogP contribution in [0, 0.1) is 6.92 Å². The van der Waals surface area contributed by atoms with Crippen molar-refractivity contribution in [2.24, 2.45) is 0 Å². The van der Waals surface area contributed by atoms with Crippen LogP contribution in [0.3, 0.4) is 0 Å². The number of hydrogen-bond donors (Lipinski definition) is 0. The second-order valence-corrected chi connectivity index (χ2v) is 8.42. The number of halogens is 2. The van der Waals surface area contributed by atoms with Crippen molar-refractivity contribution < 1.29 is 33.9 Å².